The van der Waals surface area contributed by atoms with Gasteiger partial charge in [0, 0.05) is 0 Å². The molecule has 24 heavy (non-hydrogen) atoms. The van der Waals surface area contributed by atoms with Crippen LogP contribution in [-0.2, 0) is 17.1 Å². The molecule has 1 aromatic carbocycles. The van der Waals surface area contributed by atoms with Crippen LogP contribution in [0.4, 0.5) is 50.4 Å². The average Bonchev–Trinajstić information content (AvgIpc) is 2.08. The molecule has 0 aliphatic heterocycles. The summed E-state index contributed by atoms with van der Waals surface area (Å²) in [5, 5.41) is 0. The van der Waals surface area contributed by atoms with E-state index in [-0.39, 0.29) is 17.1 Å². The van der Waals surface area contributed by atoms with Crippen LogP contribution < -0.4 is 0 Å². The van der Waals surface area contributed by atoms with Crippen LogP contribution in [0.25, 0.3) is 0 Å². The fourth-order valence-electron chi connectivity index (χ4n) is 0.838. The van der Waals surface area contributed by atoms with Gasteiger partial charge in [-0.1, -0.05) is 44.2 Å². The number of rotatable bonds is 1. The first-order chi connectivity index (χ1) is 9.20. The van der Waals surface area contributed by atoms with Crippen molar-refractivity contribution in [2.24, 2.45) is 0 Å². The van der Waals surface area contributed by atoms with Gasteiger partial charge in [-0.05, 0) is 11.5 Å². The van der Waals surface area contributed by atoms with Gasteiger partial charge in [0.05, 0.1) is 0 Å². The summed E-state index contributed by atoms with van der Waals surface area (Å²) in [5.74, 6) is 0.659. The summed E-state index contributed by atoms with van der Waals surface area (Å²) >= 11 is 0. The second-order valence-electron chi connectivity index (χ2n) is 4.48. The second kappa shape index (κ2) is 6.49. The third kappa shape index (κ3) is 67.8. The zero-order valence-corrected chi connectivity index (χ0v) is 14.6. The van der Waals surface area contributed by atoms with Gasteiger partial charge in [-0.2, -0.15) is 0 Å². The first-order valence-electron chi connectivity index (χ1n) is 5.38. The molecule has 0 amide bonds. The zero-order valence-electron chi connectivity index (χ0n) is 11.7. The quantitative estimate of drug-likeness (QED) is 0.220. The van der Waals surface area contributed by atoms with E-state index in [1.165, 1.54) is 5.56 Å². The van der Waals surface area contributed by atoms with E-state index >= 15 is 0 Å². The Morgan fingerprint density at radius 1 is 0.583 bits per heavy atom. The summed E-state index contributed by atoms with van der Waals surface area (Å²) in [7, 11) is -21.3. The molecule has 0 heterocycles. The maximum Gasteiger partial charge on any atom is 2.00 e. The predicted octanol–water partition coefficient (Wildman–Crippen LogP) is 9.57. The van der Waals surface area contributed by atoms with Gasteiger partial charge in [-0.25, -0.2) is 0 Å². The molecule has 0 aliphatic rings. The minimum Gasteiger partial charge on any atom is 2.00 e. The summed E-state index contributed by atoms with van der Waals surface area (Å²) in [6, 6.07) is 10.5. The Morgan fingerprint density at radius 3 is 0.917 bits per heavy atom. The van der Waals surface area contributed by atoms with Gasteiger partial charge in [0.25, 0.3) is 0 Å². The summed E-state index contributed by atoms with van der Waals surface area (Å²) in [6.07, 6.45) is 0. The Hall–Kier alpha value is -0.241. The molecule has 0 saturated carbocycles. The SMILES string of the molecule is CC(C)c1ccccc1.F[P-](F)(F)(F)(F)F.F[P-](F)(F)(F)(F)F.[Fe+2]. The molecule has 0 fully saturated rings. The molecule has 0 radical (unpaired) electrons. The van der Waals surface area contributed by atoms with E-state index in [9.17, 15) is 50.4 Å². The number of halogens is 12. The Balaban J connectivity index is -0.000000274. The van der Waals surface area contributed by atoms with E-state index in [2.05, 4.69) is 38.1 Å². The largest absolute Gasteiger partial charge is 2.00 e. The van der Waals surface area contributed by atoms with Gasteiger partial charge in [-0.3, -0.25) is 0 Å². The van der Waals surface area contributed by atoms with Gasteiger partial charge in [0.1, 0.15) is 0 Å². The molecule has 1 rings (SSSR count). The first kappa shape index (κ1) is 28.6. The first-order valence-corrected chi connectivity index (χ1v) is 9.44. The van der Waals surface area contributed by atoms with Crippen molar-refractivity contribution >= 4 is 15.6 Å². The topological polar surface area (TPSA) is 0 Å². The Morgan fingerprint density at radius 2 is 0.792 bits per heavy atom. The van der Waals surface area contributed by atoms with Crippen LogP contribution in [0, 0.1) is 0 Å². The van der Waals surface area contributed by atoms with E-state index in [1.807, 2.05) is 6.07 Å². The molecule has 0 unspecified atom stereocenters. The van der Waals surface area contributed by atoms with Crippen molar-refractivity contribution in [1.29, 1.82) is 0 Å². The molecule has 0 saturated heterocycles. The average molecular weight is 466 g/mol. The molecule has 0 bridgehead atoms. The Labute approximate surface area is 139 Å². The van der Waals surface area contributed by atoms with Crippen LogP contribution in [0.3, 0.4) is 0 Å². The monoisotopic (exact) mass is 466 g/mol. The minimum absolute atomic E-state index is 0. The van der Waals surface area contributed by atoms with Crippen molar-refractivity contribution < 1.29 is 67.4 Å². The summed E-state index contributed by atoms with van der Waals surface area (Å²) in [6.45, 7) is 4.41. The van der Waals surface area contributed by atoms with Crippen LogP contribution >= 0.6 is 15.6 Å². The third-order valence-electron chi connectivity index (χ3n) is 1.47. The molecule has 0 aliphatic carbocycles. The van der Waals surface area contributed by atoms with Crippen molar-refractivity contribution in [3.05, 3.63) is 35.9 Å². The van der Waals surface area contributed by atoms with E-state index < -0.39 is 15.6 Å². The predicted molar refractivity (Wildman–Crippen MR) is 67.7 cm³/mol. The molecule has 0 spiro atoms. The minimum atomic E-state index is -10.7. The maximum absolute atomic E-state index is 10.7. The molecule has 15 heteroatoms. The van der Waals surface area contributed by atoms with Gasteiger partial charge in [0.2, 0.25) is 0 Å². The van der Waals surface area contributed by atoms with E-state index in [0.29, 0.717) is 5.92 Å². The van der Waals surface area contributed by atoms with E-state index in [4.69, 9.17) is 0 Å². The number of hydrogen-bond donors (Lipinski definition) is 0. The Kier molecular flexibility index (Phi) is 7.72. The van der Waals surface area contributed by atoms with Crippen LogP contribution in [0.1, 0.15) is 25.3 Å². The molecule has 0 N–H and O–H groups in total. The van der Waals surface area contributed by atoms with Crippen LogP contribution in [0.15, 0.2) is 30.3 Å². The van der Waals surface area contributed by atoms with Crippen molar-refractivity contribution in [1.82, 2.24) is 0 Å². The van der Waals surface area contributed by atoms with Gasteiger partial charge >= 0.3 is 83.0 Å². The van der Waals surface area contributed by atoms with Crippen LogP contribution in [0.5, 0.6) is 0 Å². The molecule has 0 atom stereocenters. The van der Waals surface area contributed by atoms with Gasteiger partial charge in [0.15, 0.2) is 0 Å². The maximum atomic E-state index is 9.87. The second-order valence-corrected chi connectivity index (χ2v) is 8.32. The van der Waals surface area contributed by atoms with Crippen molar-refractivity contribution in [3.8, 4) is 0 Å². The van der Waals surface area contributed by atoms with Gasteiger partial charge < -0.3 is 0 Å². The molecular formula is C9H12F12FeP2. The van der Waals surface area contributed by atoms with E-state index in [0.717, 1.165) is 0 Å². The van der Waals surface area contributed by atoms with E-state index in [1.54, 1.807) is 0 Å². The summed E-state index contributed by atoms with van der Waals surface area (Å²) in [4.78, 5) is 0. The molecule has 0 nitrogen and oxygen atoms in total. The number of benzene rings is 1. The summed E-state index contributed by atoms with van der Waals surface area (Å²) < 4.78 is 118. The normalized spacial score (nSPS) is 17.3. The smallest absolute Gasteiger partial charge is 2.00 e. The van der Waals surface area contributed by atoms with Crippen molar-refractivity contribution in [3.63, 3.8) is 0 Å². The zero-order chi connectivity index (χ0) is 19.5. The van der Waals surface area contributed by atoms with Crippen molar-refractivity contribution in [2.75, 3.05) is 0 Å². The molecule has 150 valence electrons. The summed E-state index contributed by atoms with van der Waals surface area (Å²) in [5.41, 5.74) is 1.41. The Bertz CT molecular complexity index is 448. The standard InChI is InChI=1S/C9H12.2F6P.Fe/c1-8(2)9-6-4-3-5-7-9;2*1-7(2,3,4,5)6;/h3-8H,1-2H3;;;/q;2*-1;+2. The molecular weight excluding hydrogens is 454 g/mol. The fourth-order valence-corrected chi connectivity index (χ4v) is 0.838. The molecule has 1 aromatic rings. The van der Waals surface area contributed by atoms with Crippen LogP contribution in [0.2, 0.25) is 0 Å². The van der Waals surface area contributed by atoms with Crippen LogP contribution in [-0.4, -0.2) is 0 Å². The number of hydrogen-bond acceptors (Lipinski definition) is 0. The third-order valence-corrected chi connectivity index (χ3v) is 1.47. The van der Waals surface area contributed by atoms with Gasteiger partial charge in [-0.15, -0.1) is 0 Å². The fraction of sp³-hybridized carbons (Fsp3) is 0.333. The molecule has 0 aromatic heterocycles. The van der Waals surface area contributed by atoms with Crippen molar-refractivity contribution in [2.45, 2.75) is 19.8 Å².